The Kier molecular flexibility index (Phi) is 5.17. The van der Waals surface area contributed by atoms with E-state index in [1.54, 1.807) is 6.20 Å². The molecule has 0 atom stereocenters. The highest BCUT2D eigenvalue weighted by atomic mass is 16.5. The minimum Gasteiger partial charge on any atom is -0.493 e. The topological polar surface area (TPSA) is 67.0 Å². The number of hydrogen-bond acceptors (Lipinski definition) is 3. The summed E-state index contributed by atoms with van der Waals surface area (Å²) in [6.45, 7) is 2.90. The summed E-state index contributed by atoms with van der Waals surface area (Å²) < 4.78 is 5.47. The molecule has 0 bridgehead atoms. The predicted molar refractivity (Wildman–Crippen MR) is 76.6 cm³/mol. The molecule has 0 radical (unpaired) electrons. The predicted octanol–water partition coefficient (Wildman–Crippen LogP) is 1.85. The van der Waals surface area contributed by atoms with Crippen LogP contribution in [-0.2, 0) is 11.2 Å². The van der Waals surface area contributed by atoms with Gasteiger partial charge >= 0.3 is 0 Å². The minimum absolute atomic E-state index is 0.00262. The first kappa shape index (κ1) is 14.1. The van der Waals surface area contributed by atoms with Crippen molar-refractivity contribution < 1.29 is 9.53 Å². The van der Waals surface area contributed by atoms with Crippen molar-refractivity contribution in [1.29, 1.82) is 0 Å². The molecule has 106 valence electrons. The van der Waals surface area contributed by atoms with E-state index in [0.717, 1.165) is 23.7 Å². The summed E-state index contributed by atoms with van der Waals surface area (Å²) in [6.07, 6.45) is 2.91. The third-order valence-corrected chi connectivity index (χ3v) is 2.81. The first-order valence-electron chi connectivity index (χ1n) is 6.69. The lowest BCUT2D eigenvalue weighted by Gasteiger charge is -2.06. The van der Waals surface area contributed by atoms with Gasteiger partial charge in [-0.05, 0) is 19.1 Å². The number of aromatic nitrogens is 2. The van der Waals surface area contributed by atoms with Crippen molar-refractivity contribution in [3.63, 3.8) is 0 Å². The quantitative estimate of drug-likeness (QED) is 0.809. The summed E-state index contributed by atoms with van der Waals surface area (Å²) in [5.41, 5.74) is 1.03. The fourth-order valence-electron chi connectivity index (χ4n) is 1.80. The number of para-hydroxylation sites is 1. The molecule has 2 rings (SSSR count). The number of amides is 1. The number of hydrogen-bond donors (Lipinski definition) is 2. The van der Waals surface area contributed by atoms with Gasteiger partial charge in [-0.15, -0.1) is 0 Å². The number of benzene rings is 1. The molecule has 0 saturated carbocycles. The van der Waals surface area contributed by atoms with Crippen molar-refractivity contribution in [1.82, 2.24) is 15.3 Å². The lowest BCUT2D eigenvalue weighted by Crippen LogP contribution is -2.27. The van der Waals surface area contributed by atoms with Crippen molar-refractivity contribution in [3.05, 3.63) is 48.0 Å². The van der Waals surface area contributed by atoms with E-state index >= 15 is 0 Å². The Morgan fingerprint density at radius 1 is 1.35 bits per heavy atom. The Labute approximate surface area is 118 Å². The van der Waals surface area contributed by atoms with Crippen molar-refractivity contribution in [3.8, 4) is 5.75 Å². The second kappa shape index (κ2) is 7.33. The monoisotopic (exact) mass is 273 g/mol. The SMILES string of the molecule is Cc1ncc(CCNC(=O)CCOc2ccccc2)[nH]1. The Hall–Kier alpha value is -2.30. The van der Waals surface area contributed by atoms with E-state index in [1.165, 1.54) is 0 Å². The maximum absolute atomic E-state index is 11.6. The molecule has 0 saturated heterocycles. The van der Waals surface area contributed by atoms with Crippen LogP contribution in [-0.4, -0.2) is 29.0 Å². The van der Waals surface area contributed by atoms with Gasteiger partial charge in [0.25, 0.3) is 0 Å². The van der Waals surface area contributed by atoms with Gasteiger partial charge in [0, 0.05) is 24.9 Å². The van der Waals surface area contributed by atoms with Crippen LogP contribution >= 0.6 is 0 Å². The van der Waals surface area contributed by atoms with Gasteiger partial charge < -0.3 is 15.0 Å². The van der Waals surface area contributed by atoms with Crippen LogP contribution in [0.25, 0.3) is 0 Å². The van der Waals surface area contributed by atoms with E-state index in [1.807, 2.05) is 37.3 Å². The summed E-state index contributed by atoms with van der Waals surface area (Å²) in [7, 11) is 0. The van der Waals surface area contributed by atoms with Gasteiger partial charge in [-0.25, -0.2) is 4.98 Å². The third kappa shape index (κ3) is 4.76. The van der Waals surface area contributed by atoms with Crippen molar-refractivity contribution in [2.45, 2.75) is 19.8 Å². The fraction of sp³-hybridized carbons (Fsp3) is 0.333. The fourth-order valence-corrected chi connectivity index (χ4v) is 1.80. The maximum Gasteiger partial charge on any atom is 0.223 e. The van der Waals surface area contributed by atoms with Gasteiger partial charge in [0.15, 0.2) is 0 Å². The standard InChI is InChI=1S/C15H19N3O2/c1-12-17-11-13(18-12)7-9-16-15(19)8-10-20-14-5-3-2-4-6-14/h2-6,11H,7-10H2,1H3,(H,16,19)(H,17,18). The molecule has 20 heavy (non-hydrogen) atoms. The van der Waals surface area contributed by atoms with Gasteiger partial charge in [-0.2, -0.15) is 0 Å². The van der Waals surface area contributed by atoms with Crippen LogP contribution in [0.1, 0.15) is 17.9 Å². The third-order valence-electron chi connectivity index (χ3n) is 2.81. The average Bonchev–Trinajstić information content (AvgIpc) is 2.86. The Bertz CT molecular complexity index is 537. The van der Waals surface area contributed by atoms with Crippen LogP contribution in [0, 0.1) is 6.92 Å². The average molecular weight is 273 g/mol. The number of aromatic amines is 1. The maximum atomic E-state index is 11.6. The van der Waals surface area contributed by atoms with Gasteiger partial charge in [0.05, 0.1) is 13.0 Å². The molecule has 1 heterocycles. The van der Waals surface area contributed by atoms with E-state index in [9.17, 15) is 4.79 Å². The molecule has 1 aromatic heterocycles. The number of nitrogens with one attached hydrogen (secondary N) is 2. The highest BCUT2D eigenvalue weighted by molar-refractivity contribution is 5.75. The number of rotatable bonds is 7. The summed E-state index contributed by atoms with van der Waals surface area (Å²) in [5.74, 6) is 1.67. The van der Waals surface area contributed by atoms with E-state index in [4.69, 9.17) is 4.74 Å². The molecular weight excluding hydrogens is 254 g/mol. The van der Waals surface area contributed by atoms with Crippen LogP contribution in [0.5, 0.6) is 5.75 Å². The summed E-state index contributed by atoms with van der Waals surface area (Å²) in [4.78, 5) is 18.8. The lowest BCUT2D eigenvalue weighted by molar-refractivity contribution is -0.121. The normalized spacial score (nSPS) is 10.2. The van der Waals surface area contributed by atoms with Crippen LogP contribution in [0.3, 0.4) is 0 Å². The van der Waals surface area contributed by atoms with Gasteiger partial charge in [-0.1, -0.05) is 18.2 Å². The van der Waals surface area contributed by atoms with Crippen molar-refractivity contribution in [2.75, 3.05) is 13.2 Å². The first-order valence-corrected chi connectivity index (χ1v) is 6.69. The molecule has 2 aromatic rings. The Morgan fingerprint density at radius 2 is 2.15 bits per heavy atom. The smallest absolute Gasteiger partial charge is 0.223 e. The molecule has 5 heteroatoms. The molecule has 1 amide bonds. The minimum atomic E-state index is -0.00262. The van der Waals surface area contributed by atoms with Gasteiger partial charge in [0.2, 0.25) is 5.91 Å². The van der Waals surface area contributed by atoms with E-state index in [0.29, 0.717) is 19.6 Å². The summed E-state index contributed by atoms with van der Waals surface area (Å²) >= 11 is 0. The number of carbonyl (C=O) groups excluding carboxylic acids is 1. The zero-order valence-corrected chi connectivity index (χ0v) is 11.6. The molecule has 0 fully saturated rings. The zero-order valence-electron chi connectivity index (χ0n) is 11.6. The number of H-pyrrole nitrogens is 1. The van der Waals surface area contributed by atoms with Crippen LogP contribution in [0.4, 0.5) is 0 Å². The van der Waals surface area contributed by atoms with Gasteiger partial charge in [-0.3, -0.25) is 4.79 Å². The molecule has 0 aliphatic rings. The lowest BCUT2D eigenvalue weighted by atomic mass is 10.3. The number of aryl methyl sites for hydroxylation is 1. The zero-order chi connectivity index (χ0) is 14.2. The van der Waals surface area contributed by atoms with Crippen molar-refractivity contribution >= 4 is 5.91 Å². The van der Waals surface area contributed by atoms with Crippen LogP contribution in [0.15, 0.2) is 36.5 Å². The Balaban J connectivity index is 1.59. The summed E-state index contributed by atoms with van der Waals surface area (Å²) in [6, 6.07) is 9.48. The molecule has 0 aliphatic carbocycles. The first-order chi connectivity index (χ1) is 9.74. The second-order valence-electron chi connectivity index (χ2n) is 4.51. The number of imidazole rings is 1. The van der Waals surface area contributed by atoms with Gasteiger partial charge in [0.1, 0.15) is 11.6 Å². The highest BCUT2D eigenvalue weighted by Crippen LogP contribution is 2.08. The molecule has 0 aliphatic heterocycles. The molecule has 0 unspecified atom stereocenters. The molecule has 2 N–H and O–H groups in total. The second-order valence-corrected chi connectivity index (χ2v) is 4.51. The molecule has 1 aromatic carbocycles. The Morgan fingerprint density at radius 3 is 2.85 bits per heavy atom. The molecule has 5 nitrogen and oxygen atoms in total. The number of carbonyl (C=O) groups is 1. The van der Waals surface area contributed by atoms with E-state index < -0.39 is 0 Å². The number of ether oxygens (including phenoxy) is 1. The highest BCUT2D eigenvalue weighted by Gasteiger charge is 2.02. The molecule has 0 spiro atoms. The van der Waals surface area contributed by atoms with Crippen LogP contribution < -0.4 is 10.1 Å². The van der Waals surface area contributed by atoms with Crippen molar-refractivity contribution in [2.24, 2.45) is 0 Å². The van der Waals surface area contributed by atoms with E-state index in [-0.39, 0.29) is 5.91 Å². The molecular formula is C15H19N3O2. The van der Waals surface area contributed by atoms with E-state index in [2.05, 4.69) is 15.3 Å². The largest absolute Gasteiger partial charge is 0.493 e. The summed E-state index contributed by atoms with van der Waals surface area (Å²) in [5, 5.41) is 2.86. The number of nitrogens with zero attached hydrogens (tertiary/aromatic N) is 1. The van der Waals surface area contributed by atoms with Crippen LogP contribution in [0.2, 0.25) is 0 Å².